The van der Waals surface area contributed by atoms with Crippen LogP contribution in [0.1, 0.15) is 84.5 Å². The number of hydrogen-bond donors (Lipinski definition) is 0. The van der Waals surface area contributed by atoms with Gasteiger partial charge in [-0.3, -0.25) is 0 Å². The monoisotopic (exact) mass is 344 g/mol. The van der Waals surface area contributed by atoms with Crippen molar-refractivity contribution in [1.29, 1.82) is 0 Å². The minimum Gasteiger partial charge on any atom is -0.417 e. The molecule has 0 rings (SSSR count). The summed E-state index contributed by atoms with van der Waals surface area (Å²) in [6.45, 7) is 16.9. The van der Waals surface area contributed by atoms with Crippen LogP contribution < -0.4 is 0 Å². The second kappa shape index (κ2) is 11.9. The molecule has 0 aliphatic heterocycles. The van der Waals surface area contributed by atoms with E-state index < -0.39 is 15.4 Å². The summed E-state index contributed by atoms with van der Waals surface area (Å²) in [6.07, 6.45) is 15.8. The van der Waals surface area contributed by atoms with Gasteiger partial charge in [0.05, 0.1) is 7.59 Å². The van der Waals surface area contributed by atoms with E-state index in [1.165, 1.54) is 70.6 Å². The van der Waals surface area contributed by atoms with E-state index in [1.54, 1.807) is 0 Å². The fourth-order valence-corrected chi connectivity index (χ4v) is 5.65. The fourth-order valence-electron chi connectivity index (χ4n) is 2.62. The molecule has 1 unspecified atom stereocenters. The lowest BCUT2D eigenvalue weighted by Crippen LogP contribution is -2.56. The molecule has 1 nitrogen and oxygen atoms in total. The molecule has 3 heteroatoms. The summed E-state index contributed by atoms with van der Waals surface area (Å²) in [7, 11) is -2.57. The smallest absolute Gasteiger partial charge is 0.173 e. The van der Waals surface area contributed by atoms with Crippen LogP contribution >= 0.6 is 0 Å². The molecular formula is C19H44OSi2. The Bertz CT molecular complexity index is 259. The molecule has 134 valence electrons. The van der Waals surface area contributed by atoms with Crippen molar-refractivity contribution in [2.45, 2.75) is 123 Å². The highest BCUT2D eigenvalue weighted by Crippen LogP contribution is 2.24. The lowest BCUT2D eigenvalue weighted by molar-refractivity contribution is 0.179. The molecule has 0 aliphatic carbocycles. The largest absolute Gasteiger partial charge is 0.417 e. The molecule has 0 aromatic carbocycles. The first kappa shape index (κ1) is 22.4. The zero-order valence-corrected chi connectivity index (χ0v) is 18.8. The average Bonchev–Trinajstić information content (AvgIpc) is 2.42. The second-order valence-corrected chi connectivity index (χ2v) is 24.4. The standard InChI is InChI=1S/C19H44OSi2/c1-8-10-11-12-13-14-15-16-17-18-19(9-2)20-22(6,7)21(3,4)5/h19H,8-18H2,1-7H3. The van der Waals surface area contributed by atoms with Crippen LogP contribution in [0.25, 0.3) is 0 Å². The predicted octanol–water partition coefficient (Wildman–Crippen LogP) is 7.32. The van der Waals surface area contributed by atoms with E-state index in [0.29, 0.717) is 6.10 Å². The SMILES string of the molecule is CCCCCCCCCCCC(CC)O[Si](C)(C)[Si](C)(C)C. The highest BCUT2D eigenvalue weighted by atomic mass is 29.3. The Morgan fingerprint density at radius 2 is 1.14 bits per heavy atom. The summed E-state index contributed by atoms with van der Waals surface area (Å²) in [5, 5.41) is 0. The molecule has 0 bridgehead atoms. The Hall–Kier alpha value is 0.394. The van der Waals surface area contributed by atoms with Crippen molar-refractivity contribution in [3.63, 3.8) is 0 Å². The van der Waals surface area contributed by atoms with E-state index >= 15 is 0 Å². The van der Waals surface area contributed by atoms with Crippen molar-refractivity contribution < 1.29 is 4.43 Å². The number of rotatable bonds is 14. The van der Waals surface area contributed by atoms with Crippen LogP contribution in [0.3, 0.4) is 0 Å². The molecule has 0 aromatic rings. The van der Waals surface area contributed by atoms with Gasteiger partial charge in [-0.05, 0) is 25.9 Å². The van der Waals surface area contributed by atoms with Crippen LogP contribution in [0.5, 0.6) is 0 Å². The first-order chi connectivity index (χ1) is 10.2. The molecule has 0 radical (unpaired) electrons. The van der Waals surface area contributed by atoms with Crippen molar-refractivity contribution in [3.05, 3.63) is 0 Å². The van der Waals surface area contributed by atoms with Gasteiger partial charge in [0.2, 0.25) is 0 Å². The summed E-state index contributed by atoms with van der Waals surface area (Å²) in [5.41, 5.74) is 0. The maximum absolute atomic E-state index is 6.62. The summed E-state index contributed by atoms with van der Waals surface area (Å²) in [4.78, 5) is 0. The molecule has 22 heavy (non-hydrogen) atoms. The summed E-state index contributed by atoms with van der Waals surface area (Å²) >= 11 is 0. The van der Waals surface area contributed by atoms with E-state index in [9.17, 15) is 0 Å². The van der Waals surface area contributed by atoms with Crippen LogP contribution in [-0.2, 0) is 4.43 Å². The normalized spacial score (nSPS) is 14.3. The fraction of sp³-hybridized carbons (Fsp3) is 1.00. The van der Waals surface area contributed by atoms with Gasteiger partial charge in [-0.1, -0.05) is 91.3 Å². The average molecular weight is 345 g/mol. The van der Waals surface area contributed by atoms with Gasteiger partial charge in [-0.15, -0.1) is 0 Å². The van der Waals surface area contributed by atoms with Crippen LogP contribution in [0, 0.1) is 0 Å². The van der Waals surface area contributed by atoms with Gasteiger partial charge in [0, 0.05) is 6.10 Å². The lowest BCUT2D eigenvalue weighted by atomic mass is 10.0. The van der Waals surface area contributed by atoms with E-state index in [2.05, 4.69) is 46.6 Å². The van der Waals surface area contributed by atoms with Crippen LogP contribution in [0.15, 0.2) is 0 Å². The molecule has 0 saturated heterocycles. The summed E-state index contributed by atoms with van der Waals surface area (Å²) < 4.78 is 6.62. The van der Waals surface area contributed by atoms with Crippen LogP contribution in [0.2, 0.25) is 32.7 Å². The molecule has 0 heterocycles. The van der Waals surface area contributed by atoms with Crippen molar-refractivity contribution in [2.24, 2.45) is 0 Å². The first-order valence-electron chi connectivity index (χ1n) is 9.92. The Kier molecular flexibility index (Phi) is 12.1. The molecular weight excluding hydrogens is 300 g/mol. The van der Waals surface area contributed by atoms with Crippen molar-refractivity contribution in [1.82, 2.24) is 0 Å². The minimum absolute atomic E-state index is 0.526. The Balaban J connectivity index is 3.75. The van der Waals surface area contributed by atoms with E-state index in [0.717, 1.165) is 0 Å². The Morgan fingerprint density at radius 1 is 0.682 bits per heavy atom. The maximum atomic E-state index is 6.62. The summed E-state index contributed by atoms with van der Waals surface area (Å²) in [6, 6.07) is 0. The molecule has 0 aliphatic rings. The van der Waals surface area contributed by atoms with Crippen molar-refractivity contribution in [2.75, 3.05) is 0 Å². The molecule has 0 fully saturated rings. The third-order valence-electron chi connectivity index (χ3n) is 5.35. The predicted molar refractivity (Wildman–Crippen MR) is 108 cm³/mol. The number of hydrogen-bond acceptors (Lipinski definition) is 1. The van der Waals surface area contributed by atoms with E-state index in [-0.39, 0.29) is 0 Å². The van der Waals surface area contributed by atoms with Gasteiger partial charge in [0.1, 0.15) is 0 Å². The van der Waals surface area contributed by atoms with Crippen molar-refractivity contribution in [3.8, 4) is 0 Å². The third-order valence-corrected chi connectivity index (χ3v) is 21.1. The number of unbranched alkanes of at least 4 members (excludes halogenated alkanes) is 8. The Labute approximate surface area is 143 Å². The molecule has 0 aromatic heterocycles. The highest BCUT2D eigenvalue weighted by molar-refractivity contribution is 7.37. The third kappa shape index (κ3) is 10.2. The lowest BCUT2D eigenvalue weighted by Gasteiger charge is -2.38. The van der Waals surface area contributed by atoms with Gasteiger partial charge in [-0.2, -0.15) is 0 Å². The zero-order chi connectivity index (χ0) is 17.1. The van der Waals surface area contributed by atoms with Crippen molar-refractivity contribution >= 4 is 15.4 Å². The van der Waals surface area contributed by atoms with Crippen LogP contribution in [-0.4, -0.2) is 21.5 Å². The molecule has 0 N–H and O–H groups in total. The molecule has 0 spiro atoms. The minimum atomic E-state index is -1.44. The van der Waals surface area contributed by atoms with Crippen LogP contribution in [0.4, 0.5) is 0 Å². The first-order valence-corrected chi connectivity index (χ1v) is 17.3. The van der Waals surface area contributed by atoms with E-state index in [1.807, 2.05) is 0 Å². The quantitative estimate of drug-likeness (QED) is 0.237. The van der Waals surface area contributed by atoms with E-state index in [4.69, 9.17) is 4.43 Å². The molecule has 0 saturated carbocycles. The molecule has 1 atom stereocenters. The molecule has 0 amide bonds. The van der Waals surface area contributed by atoms with Gasteiger partial charge in [0.25, 0.3) is 0 Å². The van der Waals surface area contributed by atoms with Gasteiger partial charge >= 0.3 is 0 Å². The Morgan fingerprint density at radius 3 is 1.55 bits per heavy atom. The van der Waals surface area contributed by atoms with Gasteiger partial charge in [0.15, 0.2) is 7.83 Å². The van der Waals surface area contributed by atoms with Gasteiger partial charge < -0.3 is 4.43 Å². The highest BCUT2D eigenvalue weighted by Gasteiger charge is 2.40. The summed E-state index contributed by atoms with van der Waals surface area (Å²) in [5.74, 6) is 0. The topological polar surface area (TPSA) is 9.23 Å². The zero-order valence-electron chi connectivity index (χ0n) is 16.8. The maximum Gasteiger partial charge on any atom is 0.173 e. The van der Waals surface area contributed by atoms with Gasteiger partial charge in [-0.25, -0.2) is 0 Å². The second-order valence-electron chi connectivity index (χ2n) is 8.53.